The first-order chi connectivity index (χ1) is 9.34. The molecule has 0 aromatic carbocycles. The van der Waals surface area contributed by atoms with Gasteiger partial charge in [0.25, 0.3) is 0 Å². The van der Waals surface area contributed by atoms with Crippen LogP contribution >= 0.6 is 0 Å². The van der Waals surface area contributed by atoms with Gasteiger partial charge in [0.05, 0.1) is 12.2 Å². The van der Waals surface area contributed by atoms with Crippen LogP contribution < -0.4 is 5.32 Å². The van der Waals surface area contributed by atoms with Gasteiger partial charge in [-0.25, -0.2) is 9.67 Å². The first kappa shape index (κ1) is 11.5. The predicted molar refractivity (Wildman–Crippen MR) is 74.1 cm³/mol. The van der Waals surface area contributed by atoms with E-state index in [0.29, 0.717) is 0 Å². The minimum atomic E-state index is 0.753. The van der Waals surface area contributed by atoms with E-state index in [1.807, 2.05) is 43.7 Å². The summed E-state index contributed by atoms with van der Waals surface area (Å²) in [4.78, 5) is 4.37. The van der Waals surface area contributed by atoms with Crippen molar-refractivity contribution in [1.29, 1.82) is 0 Å². The summed E-state index contributed by atoms with van der Waals surface area (Å²) in [6, 6.07) is 9.94. The fourth-order valence-electron chi connectivity index (χ4n) is 1.98. The highest BCUT2D eigenvalue weighted by molar-refractivity contribution is 5.56. The summed E-state index contributed by atoms with van der Waals surface area (Å²) in [6.45, 7) is 0.753. The van der Waals surface area contributed by atoms with Gasteiger partial charge in [-0.1, -0.05) is 0 Å². The summed E-state index contributed by atoms with van der Waals surface area (Å²) in [5, 5.41) is 7.62. The Morgan fingerprint density at radius 1 is 1.11 bits per heavy atom. The molecule has 0 aliphatic carbocycles. The van der Waals surface area contributed by atoms with E-state index < -0.39 is 0 Å². The van der Waals surface area contributed by atoms with Crippen molar-refractivity contribution in [1.82, 2.24) is 19.3 Å². The lowest BCUT2D eigenvalue weighted by Crippen LogP contribution is -2.08. The molecule has 0 spiro atoms. The summed E-state index contributed by atoms with van der Waals surface area (Å²) in [7, 11) is 2.04. The van der Waals surface area contributed by atoms with Gasteiger partial charge in [0, 0.05) is 37.5 Å². The van der Waals surface area contributed by atoms with E-state index in [2.05, 4.69) is 26.0 Å². The second-order valence-corrected chi connectivity index (χ2v) is 4.29. The maximum absolute atomic E-state index is 4.37. The highest BCUT2D eigenvalue weighted by atomic mass is 15.3. The molecule has 0 radical (unpaired) electrons. The summed E-state index contributed by atoms with van der Waals surface area (Å²) < 4.78 is 3.85. The Hall–Kier alpha value is -2.56. The molecule has 3 aromatic heterocycles. The Balaban J connectivity index is 1.84. The van der Waals surface area contributed by atoms with Gasteiger partial charge >= 0.3 is 0 Å². The highest BCUT2D eigenvalue weighted by Crippen LogP contribution is 2.17. The van der Waals surface area contributed by atoms with E-state index in [-0.39, 0.29) is 0 Å². The summed E-state index contributed by atoms with van der Waals surface area (Å²) in [5.41, 5.74) is 2.18. The van der Waals surface area contributed by atoms with E-state index in [4.69, 9.17) is 0 Å². The van der Waals surface area contributed by atoms with Crippen molar-refractivity contribution in [3.05, 3.63) is 60.8 Å². The molecule has 0 saturated heterocycles. The standard InChI is InChI=1S/C14H15N5/c1-18-9-3-5-12(18)11-16-13-6-2-7-15-14(13)19-10-4-8-17-19/h2-10,16H,11H2,1H3. The van der Waals surface area contributed by atoms with Crippen molar-refractivity contribution in [3.63, 3.8) is 0 Å². The van der Waals surface area contributed by atoms with Crippen LogP contribution in [0.15, 0.2) is 55.1 Å². The third-order valence-corrected chi connectivity index (χ3v) is 3.02. The Morgan fingerprint density at radius 3 is 2.79 bits per heavy atom. The molecule has 0 amide bonds. The zero-order valence-electron chi connectivity index (χ0n) is 10.7. The topological polar surface area (TPSA) is 47.7 Å². The summed E-state index contributed by atoms with van der Waals surface area (Å²) in [5.74, 6) is 0.807. The maximum atomic E-state index is 4.37. The number of nitrogens with zero attached hydrogens (tertiary/aromatic N) is 4. The molecule has 0 bridgehead atoms. The minimum Gasteiger partial charge on any atom is -0.376 e. The average molecular weight is 253 g/mol. The van der Waals surface area contributed by atoms with Crippen LogP contribution in [0.1, 0.15) is 5.69 Å². The normalized spacial score (nSPS) is 10.6. The maximum Gasteiger partial charge on any atom is 0.176 e. The van der Waals surface area contributed by atoms with E-state index >= 15 is 0 Å². The number of hydrogen-bond acceptors (Lipinski definition) is 3. The number of aromatic nitrogens is 4. The van der Waals surface area contributed by atoms with E-state index in [0.717, 1.165) is 18.1 Å². The van der Waals surface area contributed by atoms with Crippen LogP contribution in [0.2, 0.25) is 0 Å². The molecule has 0 saturated carbocycles. The van der Waals surface area contributed by atoms with Gasteiger partial charge in [0.2, 0.25) is 0 Å². The summed E-state index contributed by atoms with van der Waals surface area (Å²) in [6.07, 6.45) is 7.44. The van der Waals surface area contributed by atoms with Crippen molar-refractivity contribution >= 4 is 5.69 Å². The van der Waals surface area contributed by atoms with Crippen molar-refractivity contribution in [3.8, 4) is 5.82 Å². The second kappa shape index (κ2) is 4.97. The molecule has 3 aromatic rings. The lowest BCUT2D eigenvalue weighted by molar-refractivity contribution is 0.828. The van der Waals surface area contributed by atoms with Crippen molar-refractivity contribution in [2.45, 2.75) is 6.54 Å². The Morgan fingerprint density at radius 2 is 2.05 bits per heavy atom. The molecule has 5 heteroatoms. The zero-order valence-corrected chi connectivity index (χ0v) is 10.7. The molecule has 0 atom stereocenters. The molecule has 5 nitrogen and oxygen atoms in total. The van der Waals surface area contributed by atoms with Crippen LogP contribution in [-0.4, -0.2) is 19.3 Å². The third kappa shape index (κ3) is 2.35. The molecular weight excluding hydrogens is 238 g/mol. The van der Waals surface area contributed by atoms with Crippen molar-refractivity contribution in [2.24, 2.45) is 7.05 Å². The lowest BCUT2D eigenvalue weighted by Gasteiger charge is -2.11. The molecule has 0 aliphatic heterocycles. The van der Waals surface area contributed by atoms with Crippen LogP contribution in [0.4, 0.5) is 5.69 Å². The van der Waals surface area contributed by atoms with E-state index in [9.17, 15) is 0 Å². The molecule has 3 rings (SSSR count). The summed E-state index contributed by atoms with van der Waals surface area (Å²) >= 11 is 0. The largest absolute Gasteiger partial charge is 0.376 e. The molecule has 96 valence electrons. The zero-order chi connectivity index (χ0) is 13.1. The van der Waals surface area contributed by atoms with Crippen LogP contribution in [0, 0.1) is 0 Å². The number of rotatable bonds is 4. The quantitative estimate of drug-likeness (QED) is 0.775. The number of pyridine rings is 1. The molecule has 0 fully saturated rings. The molecule has 0 aliphatic rings. The SMILES string of the molecule is Cn1cccc1CNc1cccnc1-n1cccn1. The first-order valence-electron chi connectivity index (χ1n) is 6.14. The lowest BCUT2D eigenvalue weighted by atomic mass is 10.3. The first-order valence-corrected chi connectivity index (χ1v) is 6.14. The van der Waals surface area contributed by atoms with Crippen molar-refractivity contribution in [2.75, 3.05) is 5.32 Å². The Bertz CT molecular complexity index is 654. The highest BCUT2D eigenvalue weighted by Gasteiger charge is 2.06. The molecule has 3 heterocycles. The minimum absolute atomic E-state index is 0.753. The van der Waals surface area contributed by atoms with Gasteiger partial charge in [-0.05, 0) is 30.3 Å². The Kier molecular flexibility index (Phi) is 3.02. The number of nitrogens with one attached hydrogen (secondary N) is 1. The smallest absolute Gasteiger partial charge is 0.176 e. The van der Waals surface area contributed by atoms with Gasteiger partial charge in [0.1, 0.15) is 0 Å². The van der Waals surface area contributed by atoms with Gasteiger partial charge in [-0.2, -0.15) is 5.10 Å². The fraction of sp³-hybridized carbons (Fsp3) is 0.143. The Labute approximate surface area is 111 Å². The predicted octanol–water partition coefficient (Wildman–Crippen LogP) is 2.22. The van der Waals surface area contributed by atoms with Gasteiger partial charge in [-0.15, -0.1) is 0 Å². The average Bonchev–Trinajstić information content (AvgIpc) is 3.08. The second-order valence-electron chi connectivity index (χ2n) is 4.29. The third-order valence-electron chi connectivity index (χ3n) is 3.02. The van der Waals surface area contributed by atoms with Crippen LogP contribution in [0.5, 0.6) is 0 Å². The monoisotopic (exact) mass is 253 g/mol. The number of hydrogen-bond donors (Lipinski definition) is 1. The van der Waals surface area contributed by atoms with Crippen molar-refractivity contribution < 1.29 is 0 Å². The molecular formula is C14H15N5. The van der Waals surface area contributed by atoms with E-state index in [1.165, 1.54) is 5.69 Å². The van der Waals surface area contributed by atoms with E-state index in [1.54, 1.807) is 17.1 Å². The van der Waals surface area contributed by atoms with Crippen LogP contribution in [0.3, 0.4) is 0 Å². The number of aryl methyl sites for hydroxylation is 1. The molecule has 1 N–H and O–H groups in total. The number of anilines is 1. The van der Waals surface area contributed by atoms with Gasteiger partial charge in [0.15, 0.2) is 5.82 Å². The van der Waals surface area contributed by atoms with Crippen LogP contribution in [0.25, 0.3) is 5.82 Å². The van der Waals surface area contributed by atoms with Gasteiger partial charge < -0.3 is 9.88 Å². The van der Waals surface area contributed by atoms with Gasteiger partial charge in [-0.3, -0.25) is 0 Å². The fourth-order valence-corrected chi connectivity index (χ4v) is 1.98. The van der Waals surface area contributed by atoms with Crippen LogP contribution in [-0.2, 0) is 13.6 Å². The molecule has 19 heavy (non-hydrogen) atoms. The molecule has 0 unspecified atom stereocenters.